The van der Waals surface area contributed by atoms with Gasteiger partial charge in [-0.15, -0.1) is 11.3 Å². The molecule has 0 fully saturated rings. The number of halogens is 2. The number of benzene rings is 1. The van der Waals surface area contributed by atoms with Gasteiger partial charge in [-0.05, 0) is 48.7 Å². The second kappa shape index (κ2) is 5.95. The van der Waals surface area contributed by atoms with Gasteiger partial charge in [0.05, 0.1) is 6.04 Å². The lowest BCUT2D eigenvalue weighted by Crippen LogP contribution is -2.19. The van der Waals surface area contributed by atoms with Crippen LogP contribution in [0.25, 0.3) is 0 Å². The van der Waals surface area contributed by atoms with Crippen molar-refractivity contribution in [2.45, 2.75) is 19.4 Å². The third kappa shape index (κ3) is 2.66. The molecule has 2 aromatic rings. The molecule has 1 unspecified atom stereocenters. The van der Waals surface area contributed by atoms with Crippen LogP contribution in [0.1, 0.15) is 29.0 Å². The van der Waals surface area contributed by atoms with Crippen molar-refractivity contribution in [1.29, 1.82) is 0 Å². The first kappa shape index (κ1) is 13.7. The monoisotopic (exact) mass is 327 g/mol. The van der Waals surface area contributed by atoms with Crippen molar-refractivity contribution in [3.63, 3.8) is 0 Å². The number of nitrogens with one attached hydrogen (secondary N) is 1. The molecule has 1 heterocycles. The molecule has 0 saturated heterocycles. The summed E-state index contributed by atoms with van der Waals surface area (Å²) >= 11 is 5.07. The molecule has 0 amide bonds. The summed E-state index contributed by atoms with van der Waals surface area (Å²) in [6.45, 7) is 2.12. The van der Waals surface area contributed by atoms with Crippen LogP contribution in [0.15, 0.2) is 34.1 Å². The molecule has 0 aliphatic rings. The fourth-order valence-corrected chi connectivity index (χ4v) is 3.56. The lowest BCUT2D eigenvalue weighted by atomic mass is 10.0. The zero-order chi connectivity index (χ0) is 13.1. The van der Waals surface area contributed by atoms with Crippen LogP contribution in [0, 0.1) is 5.82 Å². The van der Waals surface area contributed by atoms with Gasteiger partial charge in [0.25, 0.3) is 0 Å². The van der Waals surface area contributed by atoms with Crippen molar-refractivity contribution in [3.8, 4) is 0 Å². The van der Waals surface area contributed by atoms with E-state index in [4.69, 9.17) is 0 Å². The molecule has 2 rings (SSSR count). The topological polar surface area (TPSA) is 12.0 Å². The Bertz CT molecular complexity index is 538. The molecule has 0 saturated carbocycles. The van der Waals surface area contributed by atoms with Gasteiger partial charge in [-0.3, -0.25) is 0 Å². The molecule has 1 nitrogen and oxygen atoms in total. The first-order valence-corrected chi connectivity index (χ1v) is 7.53. The highest BCUT2D eigenvalue weighted by atomic mass is 79.9. The first-order valence-electron chi connectivity index (χ1n) is 5.85. The molecular weight excluding hydrogens is 313 g/mol. The standard InChI is InChI=1S/C14H15BrFNS/c1-3-9-6-7-18-14(9)13(17-2)11-8-10(15)4-5-12(11)16/h4-8,13,17H,3H2,1-2H3. The Kier molecular flexibility index (Phi) is 4.54. The fraction of sp³-hybridized carbons (Fsp3) is 0.286. The van der Waals surface area contributed by atoms with Gasteiger partial charge in [0.2, 0.25) is 0 Å². The van der Waals surface area contributed by atoms with Crippen molar-refractivity contribution in [3.05, 3.63) is 55.9 Å². The van der Waals surface area contributed by atoms with Crippen LogP contribution < -0.4 is 5.32 Å². The minimum atomic E-state index is -0.173. The second-order valence-corrected chi connectivity index (χ2v) is 5.91. The van der Waals surface area contributed by atoms with Gasteiger partial charge in [0.15, 0.2) is 0 Å². The summed E-state index contributed by atoms with van der Waals surface area (Å²) < 4.78 is 14.9. The fourth-order valence-electron chi connectivity index (χ4n) is 2.06. The minimum Gasteiger partial charge on any atom is -0.309 e. The highest BCUT2D eigenvalue weighted by molar-refractivity contribution is 9.10. The van der Waals surface area contributed by atoms with Crippen molar-refractivity contribution >= 4 is 27.3 Å². The summed E-state index contributed by atoms with van der Waals surface area (Å²) in [5.41, 5.74) is 1.96. The summed E-state index contributed by atoms with van der Waals surface area (Å²) in [6, 6.07) is 7.09. The molecule has 0 aliphatic carbocycles. The van der Waals surface area contributed by atoms with E-state index in [-0.39, 0.29) is 11.9 Å². The Morgan fingerprint density at radius 2 is 2.17 bits per heavy atom. The molecule has 1 N–H and O–H groups in total. The molecule has 18 heavy (non-hydrogen) atoms. The zero-order valence-electron chi connectivity index (χ0n) is 10.3. The maximum atomic E-state index is 14.0. The van der Waals surface area contributed by atoms with Crippen molar-refractivity contribution in [2.75, 3.05) is 7.05 Å². The zero-order valence-corrected chi connectivity index (χ0v) is 12.7. The second-order valence-electron chi connectivity index (χ2n) is 4.05. The van der Waals surface area contributed by atoms with Crippen LogP contribution in [0.4, 0.5) is 4.39 Å². The van der Waals surface area contributed by atoms with Crippen LogP contribution >= 0.6 is 27.3 Å². The van der Waals surface area contributed by atoms with E-state index in [1.165, 1.54) is 16.5 Å². The largest absolute Gasteiger partial charge is 0.309 e. The Morgan fingerprint density at radius 1 is 1.39 bits per heavy atom. The number of hydrogen-bond donors (Lipinski definition) is 1. The third-order valence-electron chi connectivity index (χ3n) is 2.98. The van der Waals surface area contributed by atoms with Crippen molar-refractivity contribution < 1.29 is 4.39 Å². The van der Waals surface area contributed by atoms with Crippen LogP contribution in [-0.4, -0.2) is 7.05 Å². The Labute approximate surface area is 119 Å². The molecule has 1 aromatic heterocycles. The molecule has 0 aliphatic heterocycles. The van der Waals surface area contributed by atoms with Crippen LogP contribution in [-0.2, 0) is 6.42 Å². The van der Waals surface area contributed by atoms with E-state index in [1.54, 1.807) is 17.4 Å². The predicted molar refractivity (Wildman–Crippen MR) is 78.7 cm³/mol. The molecule has 96 valence electrons. The maximum absolute atomic E-state index is 14.0. The lowest BCUT2D eigenvalue weighted by molar-refractivity contribution is 0.577. The number of hydrogen-bond acceptors (Lipinski definition) is 2. The minimum absolute atomic E-state index is 0.0857. The van der Waals surface area contributed by atoms with E-state index in [0.29, 0.717) is 5.56 Å². The van der Waals surface area contributed by atoms with Crippen molar-refractivity contribution in [2.24, 2.45) is 0 Å². The van der Waals surface area contributed by atoms with Gasteiger partial charge in [-0.2, -0.15) is 0 Å². The maximum Gasteiger partial charge on any atom is 0.128 e. The quantitative estimate of drug-likeness (QED) is 0.870. The third-order valence-corrected chi connectivity index (χ3v) is 4.50. The predicted octanol–water partition coefficient (Wildman–Crippen LogP) is 4.52. The average molecular weight is 328 g/mol. The SMILES string of the molecule is CCc1ccsc1C(NC)c1cc(Br)ccc1F. The van der Waals surface area contributed by atoms with Crippen LogP contribution in [0.3, 0.4) is 0 Å². The van der Waals surface area contributed by atoms with Crippen LogP contribution in [0.2, 0.25) is 0 Å². The smallest absolute Gasteiger partial charge is 0.128 e. The number of thiophene rings is 1. The molecule has 0 bridgehead atoms. The van der Waals surface area contributed by atoms with Crippen LogP contribution in [0.5, 0.6) is 0 Å². The Morgan fingerprint density at radius 3 is 2.83 bits per heavy atom. The average Bonchev–Trinajstić information content (AvgIpc) is 2.83. The normalized spacial score (nSPS) is 12.7. The van der Waals surface area contributed by atoms with E-state index in [2.05, 4.69) is 39.6 Å². The Balaban J connectivity index is 2.48. The van der Waals surface area contributed by atoms with E-state index in [9.17, 15) is 4.39 Å². The highest BCUT2D eigenvalue weighted by Gasteiger charge is 2.20. The van der Waals surface area contributed by atoms with Gasteiger partial charge >= 0.3 is 0 Å². The highest BCUT2D eigenvalue weighted by Crippen LogP contribution is 2.32. The van der Waals surface area contributed by atoms with Gasteiger partial charge in [0.1, 0.15) is 5.82 Å². The van der Waals surface area contributed by atoms with Gasteiger partial charge < -0.3 is 5.32 Å². The number of aryl methyl sites for hydroxylation is 1. The lowest BCUT2D eigenvalue weighted by Gasteiger charge is -2.18. The number of rotatable bonds is 4. The summed E-state index contributed by atoms with van der Waals surface area (Å²) in [5, 5.41) is 5.28. The summed E-state index contributed by atoms with van der Waals surface area (Å²) in [7, 11) is 1.87. The summed E-state index contributed by atoms with van der Waals surface area (Å²) in [4.78, 5) is 1.19. The molecule has 4 heteroatoms. The van der Waals surface area contributed by atoms with E-state index in [0.717, 1.165) is 10.9 Å². The molecule has 1 aromatic carbocycles. The van der Waals surface area contributed by atoms with E-state index in [1.807, 2.05) is 13.1 Å². The van der Waals surface area contributed by atoms with E-state index < -0.39 is 0 Å². The molecule has 1 atom stereocenters. The first-order chi connectivity index (χ1) is 8.67. The molecule has 0 spiro atoms. The Hall–Kier alpha value is -0.710. The molecular formula is C14H15BrFNS. The van der Waals surface area contributed by atoms with Crippen molar-refractivity contribution in [1.82, 2.24) is 5.32 Å². The van der Waals surface area contributed by atoms with Gasteiger partial charge in [-0.1, -0.05) is 22.9 Å². The van der Waals surface area contributed by atoms with E-state index >= 15 is 0 Å². The summed E-state index contributed by atoms with van der Waals surface area (Å²) in [5.74, 6) is -0.173. The van der Waals surface area contributed by atoms with Gasteiger partial charge in [-0.25, -0.2) is 4.39 Å². The summed E-state index contributed by atoms with van der Waals surface area (Å²) in [6.07, 6.45) is 0.965. The molecule has 0 radical (unpaired) electrons. The van der Waals surface area contributed by atoms with Gasteiger partial charge in [0, 0.05) is 14.9 Å².